The Bertz CT molecular complexity index is 958. The van der Waals surface area contributed by atoms with Crippen LogP contribution in [0.5, 0.6) is 11.5 Å². The summed E-state index contributed by atoms with van der Waals surface area (Å²) in [5.41, 5.74) is 1.20. The minimum Gasteiger partial charge on any atom is -0.490 e. The number of carbonyl (C=O) groups is 1. The first-order chi connectivity index (χ1) is 13.2. The highest BCUT2D eigenvalue weighted by molar-refractivity contribution is 5.90. The van der Waals surface area contributed by atoms with Crippen molar-refractivity contribution in [3.8, 4) is 22.9 Å². The number of carbonyl (C=O) groups excluding carboxylic acids is 1. The number of hydrogen-bond donors (Lipinski definition) is 1. The smallest absolute Gasteiger partial charge is 0.248 e. The van der Waals surface area contributed by atoms with E-state index in [1.54, 1.807) is 30.3 Å². The van der Waals surface area contributed by atoms with E-state index in [4.69, 9.17) is 9.47 Å². The van der Waals surface area contributed by atoms with Crippen molar-refractivity contribution in [3.63, 3.8) is 0 Å². The zero-order valence-corrected chi connectivity index (χ0v) is 14.3. The van der Waals surface area contributed by atoms with Gasteiger partial charge in [-0.25, -0.2) is 4.39 Å². The first-order valence-corrected chi connectivity index (χ1v) is 8.41. The molecule has 2 heterocycles. The van der Waals surface area contributed by atoms with Crippen LogP contribution in [0.2, 0.25) is 0 Å². The summed E-state index contributed by atoms with van der Waals surface area (Å²) in [5.74, 6) is 0.918. The van der Waals surface area contributed by atoms with E-state index >= 15 is 0 Å². The lowest BCUT2D eigenvalue weighted by Crippen LogP contribution is -2.20. The lowest BCUT2D eigenvalue weighted by molar-refractivity contribution is -0.117. The first-order valence-electron chi connectivity index (χ1n) is 8.41. The van der Waals surface area contributed by atoms with Crippen molar-refractivity contribution in [2.45, 2.75) is 13.0 Å². The van der Waals surface area contributed by atoms with Gasteiger partial charge in [-0.3, -0.25) is 4.79 Å². The van der Waals surface area contributed by atoms with E-state index in [2.05, 4.69) is 20.7 Å². The van der Waals surface area contributed by atoms with Gasteiger partial charge in [0.25, 0.3) is 0 Å². The van der Waals surface area contributed by atoms with Crippen LogP contribution in [0.15, 0.2) is 42.5 Å². The lowest BCUT2D eigenvalue weighted by atomic mass is 10.2. The minimum absolute atomic E-state index is 0.108. The summed E-state index contributed by atoms with van der Waals surface area (Å²) in [4.78, 5) is 13.4. The van der Waals surface area contributed by atoms with Crippen molar-refractivity contribution in [3.05, 3.63) is 48.3 Å². The van der Waals surface area contributed by atoms with Gasteiger partial charge in [0.15, 0.2) is 11.5 Å². The predicted molar refractivity (Wildman–Crippen MR) is 93.9 cm³/mol. The normalized spacial score (nSPS) is 13.1. The molecule has 0 unspecified atom stereocenters. The van der Waals surface area contributed by atoms with E-state index < -0.39 is 0 Å². The molecular weight excluding hydrogens is 353 g/mol. The van der Waals surface area contributed by atoms with Crippen molar-refractivity contribution < 1.29 is 18.7 Å². The molecular formula is C18H16FN5O3. The summed E-state index contributed by atoms with van der Waals surface area (Å²) in [7, 11) is 0. The molecule has 4 rings (SSSR count). The number of halogens is 1. The standard InChI is InChI=1S/C18H16FN5O3/c19-13-4-2-12(3-5-13)18-21-23-24(22-18)11-17(25)20-14-6-7-15-16(10-14)27-9-1-8-26-15/h2-7,10H,1,8-9,11H2,(H,20,25). The lowest BCUT2D eigenvalue weighted by Gasteiger charge is -2.10. The summed E-state index contributed by atoms with van der Waals surface area (Å²) in [6.45, 7) is 1.06. The topological polar surface area (TPSA) is 91.2 Å². The van der Waals surface area contributed by atoms with E-state index in [0.717, 1.165) is 6.42 Å². The van der Waals surface area contributed by atoms with E-state index in [1.807, 2.05) is 0 Å². The molecule has 0 saturated carbocycles. The Balaban J connectivity index is 1.41. The summed E-state index contributed by atoms with van der Waals surface area (Å²) in [6.07, 6.45) is 0.810. The number of nitrogens with zero attached hydrogens (tertiary/aromatic N) is 4. The Morgan fingerprint density at radius 1 is 1.11 bits per heavy atom. The molecule has 1 N–H and O–H groups in total. The Labute approximate surface area is 153 Å². The Hall–Kier alpha value is -3.49. The third-order valence-electron chi connectivity index (χ3n) is 3.87. The van der Waals surface area contributed by atoms with E-state index in [0.29, 0.717) is 41.8 Å². The van der Waals surface area contributed by atoms with Crippen LogP contribution >= 0.6 is 0 Å². The van der Waals surface area contributed by atoms with Crippen molar-refractivity contribution in [1.82, 2.24) is 20.2 Å². The molecule has 0 spiro atoms. The molecule has 8 nitrogen and oxygen atoms in total. The molecule has 0 radical (unpaired) electrons. The number of benzene rings is 2. The van der Waals surface area contributed by atoms with Gasteiger partial charge in [0.2, 0.25) is 11.7 Å². The molecule has 2 aromatic carbocycles. The molecule has 1 aliphatic rings. The number of nitrogens with one attached hydrogen (secondary N) is 1. The minimum atomic E-state index is -0.347. The monoisotopic (exact) mass is 369 g/mol. The number of hydrogen-bond acceptors (Lipinski definition) is 6. The van der Waals surface area contributed by atoms with Crippen molar-refractivity contribution >= 4 is 11.6 Å². The number of tetrazole rings is 1. The summed E-state index contributed by atoms with van der Waals surface area (Å²) >= 11 is 0. The molecule has 138 valence electrons. The van der Waals surface area contributed by atoms with E-state index in [9.17, 15) is 9.18 Å². The van der Waals surface area contributed by atoms with Gasteiger partial charge in [-0.1, -0.05) is 0 Å². The van der Waals surface area contributed by atoms with Gasteiger partial charge in [0.05, 0.1) is 13.2 Å². The summed E-state index contributed by atoms with van der Waals surface area (Å²) in [6, 6.07) is 10.9. The highest BCUT2D eigenvalue weighted by Crippen LogP contribution is 2.32. The average molecular weight is 369 g/mol. The van der Waals surface area contributed by atoms with Gasteiger partial charge in [-0.05, 0) is 41.6 Å². The fourth-order valence-electron chi connectivity index (χ4n) is 2.59. The fourth-order valence-corrected chi connectivity index (χ4v) is 2.59. The zero-order valence-electron chi connectivity index (χ0n) is 14.3. The number of ether oxygens (including phenoxy) is 2. The van der Waals surface area contributed by atoms with Gasteiger partial charge in [-0.15, -0.1) is 10.2 Å². The number of anilines is 1. The Morgan fingerprint density at radius 2 is 1.89 bits per heavy atom. The van der Waals surface area contributed by atoms with Crippen molar-refractivity contribution in [1.29, 1.82) is 0 Å². The molecule has 1 aliphatic heterocycles. The predicted octanol–water partition coefficient (Wildman–Crippen LogP) is 2.28. The SMILES string of the molecule is O=C(Cn1nnc(-c2ccc(F)cc2)n1)Nc1ccc2c(c1)OCCCO2. The maximum absolute atomic E-state index is 13.0. The zero-order chi connectivity index (χ0) is 18.6. The fraction of sp³-hybridized carbons (Fsp3) is 0.222. The van der Waals surface area contributed by atoms with Crippen LogP contribution in [0.3, 0.4) is 0 Å². The molecule has 0 saturated heterocycles. The molecule has 27 heavy (non-hydrogen) atoms. The molecule has 0 aliphatic carbocycles. The molecule has 9 heteroatoms. The van der Waals surface area contributed by atoms with Crippen LogP contribution in [0.1, 0.15) is 6.42 Å². The quantitative estimate of drug-likeness (QED) is 0.759. The summed E-state index contributed by atoms with van der Waals surface area (Å²) < 4.78 is 24.2. The highest BCUT2D eigenvalue weighted by Gasteiger charge is 2.13. The Morgan fingerprint density at radius 3 is 2.70 bits per heavy atom. The first kappa shape index (κ1) is 17.0. The molecule has 3 aromatic rings. The maximum Gasteiger partial charge on any atom is 0.248 e. The van der Waals surface area contributed by atoms with Gasteiger partial charge in [-0.2, -0.15) is 4.80 Å². The second-order valence-corrected chi connectivity index (χ2v) is 5.91. The summed E-state index contributed by atoms with van der Waals surface area (Å²) in [5, 5.41) is 14.6. The second kappa shape index (κ2) is 7.40. The number of rotatable bonds is 4. The number of fused-ring (bicyclic) bond motifs is 1. The maximum atomic E-state index is 13.0. The van der Waals surface area contributed by atoms with E-state index in [-0.39, 0.29) is 18.3 Å². The molecule has 0 fully saturated rings. The highest BCUT2D eigenvalue weighted by atomic mass is 19.1. The van der Waals surface area contributed by atoms with Crippen LogP contribution in [0.25, 0.3) is 11.4 Å². The molecule has 0 atom stereocenters. The van der Waals surface area contributed by atoms with Crippen LogP contribution in [0, 0.1) is 5.82 Å². The second-order valence-electron chi connectivity index (χ2n) is 5.91. The molecule has 0 bridgehead atoms. The van der Waals surface area contributed by atoms with Crippen LogP contribution < -0.4 is 14.8 Å². The number of aromatic nitrogens is 4. The third-order valence-corrected chi connectivity index (χ3v) is 3.87. The van der Waals surface area contributed by atoms with Crippen molar-refractivity contribution in [2.24, 2.45) is 0 Å². The van der Waals surface area contributed by atoms with Gasteiger partial charge in [0.1, 0.15) is 12.4 Å². The third kappa shape index (κ3) is 4.02. The average Bonchev–Trinajstić information content (AvgIpc) is 2.99. The Kier molecular flexibility index (Phi) is 4.65. The molecule has 1 amide bonds. The van der Waals surface area contributed by atoms with Crippen LogP contribution in [0.4, 0.5) is 10.1 Å². The van der Waals surface area contributed by atoms with Crippen molar-refractivity contribution in [2.75, 3.05) is 18.5 Å². The van der Waals surface area contributed by atoms with Gasteiger partial charge in [0, 0.05) is 23.7 Å². The van der Waals surface area contributed by atoms with E-state index in [1.165, 1.54) is 16.9 Å². The van der Waals surface area contributed by atoms with Gasteiger partial charge >= 0.3 is 0 Å². The van der Waals surface area contributed by atoms with Crippen LogP contribution in [-0.4, -0.2) is 39.3 Å². The van der Waals surface area contributed by atoms with Crippen LogP contribution in [-0.2, 0) is 11.3 Å². The van der Waals surface area contributed by atoms with Gasteiger partial charge < -0.3 is 14.8 Å². The molecule has 1 aromatic heterocycles. The number of amides is 1. The largest absolute Gasteiger partial charge is 0.490 e.